The summed E-state index contributed by atoms with van der Waals surface area (Å²) in [6.07, 6.45) is 4.24. The van der Waals surface area contributed by atoms with E-state index in [1.165, 1.54) is 0 Å². The van der Waals surface area contributed by atoms with Crippen LogP contribution in [-0.2, 0) is 9.53 Å². The van der Waals surface area contributed by atoms with Crippen molar-refractivity contribution in [2.24, 2.45) is 5.92 Å². The molecule has 0 bridgehead atoms. The number of hydrogen-bond acceptors (Lipinski definition) is 4. The summed E-state index contributed by atoms with van der Waals surface area (Å²) in [5.41, 5.74) is 2.12. The van der Waals surface area contributed by atoms with Gasteiger partial charge in [-0.15, -0.1) is 0 Å². The first-order valence-electron chi connectivity index (χ1n) is 8.70. The number of esters is 1. The zero-order chi connectivity index (χ0) is 17.4. The van der Waals surface area contributed by atoms with Gasteiger partial charge in [-0.25, -0.2) is 9.48 Å². The minimum atomic E-state index is -0.378. The smallest absolute Gasteiger partial charge is 0.341 e. The molecule has 0 N–H and O–H groups in total. The van der Waals surface area contributed by atoms with Crippen LogP contribution in [0.2, 0.25) is 0 Å². The average Bonchev–Trinajstić information content (AvgIpc) is 3.29. The molecule has 1 unspecified atom stereocenters. The summed E-state index contributed by atoms with van der Waals surface area (Å²) in [5, 5.41) is 4.30. The molecule has 2 aromatic rings. The molecule has 0 radical (unpaired) electrons. The molecule has 6 heteroatoms. The van der Waals surface area contributed by atoms with Crippen molar-refractivity contribution in [1.29, 1.82) is 0 Å². The van der Waals surface area contributed by atoms with Crippen molar-refractivity contribution in [3.63, 3.8) is 0 Å². The SMILES string of the molecule is Cc1c(C(=O)OCC2CC(=O)N(C3CC3)C2)cnn1-c1ccccc1. The van der Waals surface area contributed by atoms with Crippen LogP contribution >= 0.6 is 0 Å². The van der Waals surface area contributed by atoms with E-state index in [0.29, 0.717) is 24.6 Å². The second kappa shape index (κ2) is 6.35. The number of carbonyl (C=O) groups excluding carboxylic acids is 2. The predicted molar refractivity (Wildman–Crippen MR) is 91.4 cm³/mol. The van der Waals surface area contributed by atoms with E-state index in [9.17, 15) is 9.59 Å². The summed E-state index contributed by atoms with van der Waals surface area (Å²) in [6.45, 7) is 2.84. The lowest BCUT2D eigenvalue weighted by Crippen LogP contribution is -2.28. The molecule has 2 heterocycles. The molecule has 1 aliphatic carbocycles. The molecule has 2 fully saturated rings. The molecule has 4 rings (SSSR count). The van der Waals surface area contributed by atoms with Crippen molar-refractivity contribution < 1.29 is 14.3 Å². The Hall–Kier alpha value is -2.63. The normalized spacial score (nSPS) is 20.1. The van der Waals surface area contributed by atoms with Gasteiger partial charge < -0.3 is 9.64 Å². The van der Waals surface area contributed by atoms with Gasteiger partial charge in [0.05, 0.1) is 24.2 Å². The van der Waals surface area contributed by atoms with Crippen molar-refractivity contribution in [2.75, 3.05) is 13.2 Å². The Kier molecular flexibility index (Phi) is 4.03. The maximum absolute atomic E-state index is 12.4. The Labute approximate surface area is 146 Å². The summed E-state index contributed by atoms with van der Waals surface area (Å²) in [7, 11) is 0. The average molecular weight is 339 g/mol. The maximum atomic E-state index is 12.4. The van der Waals surface area contributed by atoms with E-state index in [1.54, 1.807) is 10.9 Å². The third-order valence-corrected chi connectivity index (χ3v) is 4.91. The van der Waals surface area contributed by atoms with Crippen LogP contribution in [0.5, 0.6) is 0 Å². The van der Waals surface area contributed by atoms with Gasteiger partial charge in [0, 0.05) is 24.9 Å². The van der Waals surface area contributed by atoms with E-state index in [0.717, 1.165) is 24.2 Å². The largest absolute Gasteiger partial charge is 0.462 e. The Morgan fingerprint density at radius 1 is 1.28 bits per heavy atom. The number of carbonyl (C=O) groups is 2. The molecule has 0 spiro atoms. The molecular weight excluding hydrogens is 318 g/mol. The maximum Gasteiger partial charge on any atom is 0.341 e. The molecule has 1 aromatic carbocycles. The lowest BCUT2D eigenvalue weighted by atomic mass is 10.1. The van der Waals surface area contributed by atoms with E-state index in [-0.39, 0.29) is 24.4 Å². The molecule has 130 valence electrons. The number of hydrogen-bond donors (Lipinski definition) is 0. The third-order valence-electron chi connectivity index (χ3n) is 4.91. The molecule has 1 saturated carbocycles. The molecular formula is C19H21N3O3. The fraction of sp³-hybridized carbons (Fsp3) is 0.421. The van der Waals surface area contributed by atoms with Crippen LogP contribution in [0.1, 0.15) is 35.3 Å². The van der Waals surface area contributed by atoms with E-state index in [4.69, 9.17) is 4.74 Å². The highest BCUT2D eigenvalue weighted by atomic mass is 16.5. The summed E-state index contributed by atoms with van der Waals surface area (Å²) in [4.78, 5) is 26.3. The number of rotatable bonds is 5. The van der Waals surface area contributed by atoms with Crippen LogP contribution in [0.25, 0.3) is 5.69 Å². The zero-order valence-electron chi connectivity index (χ0n) is 14.2. The lowest BCUT2D eigenvalue weighted by Gasteiger charge is -2.15. The van der Waals surface area contributed by atoms with E-state index < -0.39 is 0 Å². The van der Waals surface area contributed by atoms with Gasteiger partial charge in [0.25, 0.3) is 0 Å². The van der Waals surface area contributed by atoms with E-state index in [2.05, 4.69) is 5.10 Å². The van der Waals surface area contributed by atoms with Crippen molar-refractivity contribution in [3.05, 3.63) is 47.8 Å². The van der Waals surface area contributed by atoms with Gasteiger partial charge in [0.1, 0.15) is 5.56 Å². The Bertz CT molecular complexity index is 796. The van der Waals surface area contributed by atoms with Crippen LogP contribution in [-0.4, -0.2) is 45.8 Å². The van der Waals surface area contributed by atoms with Crippen LogP contribution < -0.4 is 0 Å². The number of para-hydroxylation sites is 1. The minimum Gasteiger partial charge on any atom is -0.462 e. The van der Waals surface area contributed by atoms with Gasteiger partial charge >= 0.3 is 5.97 Å². The van der Waals surface area contributed by atoms with Crippen LogP contribution in [0, 0.1) is 12.8 Å². The fourth-order valence-electron chi connectivity index (χ4n) is 3.37. The molecule has 1 amide bonds. The first-order valence-corrected chi connectivity index (χ1v) is 8.70. The predicted octanol–water partition coefficient (Wildman–Crippen LogP) is 2.35. The fourth-order valence-corrected chi connectivity index (χ4v) is 3.37. The standard InChI is InChI=1S/C19H21N3O3/c1-13-17(10-20-22(13)16-5-3-2-4-6-16)19(24)25-12-14-9-18(23)21(11-14)15-7-8-15/h2-6,10,14-15H,7-9,11-12H2,1H3. The number of nitrogens with zero attached hydrogens (tertiary/aromatic N) is 3. The zero-order valence-corrected chi connectivity index (χ0v) is 14.2. The molecule has 1 atom stereocenters. The summed E-state index contributed by atoms with van der Waals surface area (Å²) < 4.78 is 7.19. The number of likely N-dealkylation sites (tertiary alicyclic amines) is 1. The van der Waals surface area contributed by atoms with Gasteiger partial charge in [-0.1, -0.05) is 18.2 Å². The molecule has 25 heavy (non-hydrogen) atoms. The summed E-state index contributed by atoms with van der Waals surface area (Å²) in [5.74, 6) is -0.0878. The molecule has 2 aliphatic rings. The van der Waals surface area contributed by atoms with E-state index >= 15 is 0 Å². The number of ether oxygens (including phenoxy) is 1. The van der Waals surface area contributed by atoms with E-state index in [1.807, 2.05) is 42.2 Å². The van der Waals surface area contributed by atoms with Crippen molar-refractivity contribution in [2.45, 2.75) is 32.2 Å². The van der Waals surface area contributed by atoms with Gasteiger partial charge in [-0.3, -0.25) is 4.79 Å². The molecule has 6 nitrogen and oxygen atoms in total. The van der Waals surface area contributed by atoms with Gasteiger partial charge in [0.15, 0.2) is 0 Å². The van der Waals surface area contributed by atoms with Crippen LogP contribution in [0.3, 0.4) is 0 Å². The van der Waals surface area contributed by atoms with Crippen molar-refractivity contribution in [3.8, 4) is 5.69 Å². The highest BCUT2D eigenvalue weighted by Gasteiger charge is 2.39. The first kappa shape index (κ1) is 15.9. The monoisotopic (exact) mass is 339 g/mol. The van der Waals surface area contributed by atoms with Gasteiger partial charge in [-0.05, 0) is 31.9 Å². The van der Waals surface area contributed by atoms with Gasteiger partial charge in [-0.2, -0.15) is 5.10 Å². The topological polar surface area (TPSA) is 64.4 Å². The summed E-state index contributed by atoms with van der Waals surface area (Å²) in [6, 6.07) is 10.1. The number of benzene rings is 1. The first-order chi connectivity index (χ1) is 12.1. The Morgan fingerprint density at radius 3 is 2.76 bits per heavy atom. The van der Waals surface area contributed by atoms with Crippen molar-refractivity contribution in [1.82, 2.24) is 14.7 Å². The molecule has 1 saturated heterocycles. The Morgan fingerprint density at radius 2 is 2.04 bits per heavy atom. The number of amides is 1. The Balaban J connectivity index is 1.39. The highest BCUT2D eigenvalue weighted by Crippen LogP contribution is 2.32. The second-order valence-corrected chi connectivity index (χ2v) is 6.84. The molecule has 1 aliphatic heterocycles. The summed E-state index contributed by atoms with van der Waals surface area (Å²) >= 11 is 0. The van der Waals surface area contributed by atoms with Gasteiger partial charge in [0.2, 0.25) is 5.91 Å². The quantitative estimate of drug-likeness (QED) is 0.785. The van der Waals surface area contributed by atoms with Crippen molar-refractivity contribution >= 4 is 11.9 Å². The highest BCUT2D eigenvalue weighted by molar-refractivity contribution is 5.90. The second-order valence-electron chi connectivity index (χ2n) is 6.84. The third kappa shape index (κ3) is 3.16. The minimum absolute atomic E-state index is 0.0986. The number of aromatic nitrogens is 2. The lowest BCUT2D eigenvalue weighted by molar-refractivity contribution is -0.128. The van der Waals surface area contributed by atoms with Crippen LogP contribution in [0.15, 0.2) is 36.5 Å². The molecule has 1 aromatic heterocycles. The van der Waals surface area contributed by atoms with Crippen LogP contribution in [0.4, 0.5) is 0 Å².